The molecule has 1 amide bonds. The van der Waals surface area contributed by atoms with E-state index in [0.29, 0.717) is 10.6 Å². The van der Waals surface area contributed by atoms with Gasteiger partial charge >= 0.3 is 0 Å². The second kappa shape index (κ2) is 9.02. The van der Waals surface area contributed by atoms with E-state index in [1.807, 2.05) is 0 Å². The van der Waals surface area contributed by atoms with Gasteiger partial charge in [-0.3, -0.25) is 4.79 Å². The van der Waals surface area contributed by atoms with Crippen LogP contribution in [0.5, 0.6) is 0 Å². The van der Waals surface area contributed by atoms with E-state index in [4.69, 9.17) is 11.6 Å². The standard InChI is InChI=1S/C24H26ClF3N2O3S/c1-23(2,32)22(31)30-17-11-24(28,12-17)21(29-34(3)33)19(30)9-14-8-16(26)10-18(20(14)27)13-5-4-6-15(25)7-13/h4-8,10,17,19,21,29,32H,9,11-12H2,1-3H3/t17?,19-,21+,24?,34?/m0/s1. The third kappa shape index (κ3) is 4.68. The van der Waals surface area contributed by atoms with Gasteiger partial charge < -0.3 is 14.6 Å². The zero-order valence-electron chi connectivity index (χ0n) is 18.9. The van der Waals surface area contributed by atoms with E-state index in [2.05, 4.69) is 4.72 Å². The molecule has 2 heterocycles. The molecule has 2 aliphatic heterocycles. The second-order valence-corrected chi connectivity index (χ2v) is 11.2. The van der Waals surface area contributed by atoms with Crippen LogP contribution in [0.1, 0.15) is 32.3 Å². The average molecular weight is 515 g/mol. The van der Waals surface area contributed by atoms with E-state index in [1.54, 1.807) is 18.2 Å². The van der Waals surface area contributed by atoms with E-state index in [0.717, 1.165) is 12.1 Å². The van der Waals surface area contributed by atoms with Crippen molar-refractivity contribution in [1.82, 2.24) is 9.62 Å². The SMILES string of the molecule is C[S+]([O-])N[C@@H]1[C@H](Cc2cc(F)cc(-c3cccc(Cl)c3)c2F)N(C(=O)C(C)(C)O)C2CC1(F)C2. The predicted octanol–water partition coefficient (Wildman–Crippen LogP) is 3.93. The third-order valence-electron chi connectivity index (χ3n) is 6.57. The molecule has 0 radical (unpaired) electrons. The van der Waals surface area contributed by atoms with Gasteiger partial charge in [-0.05, 0) is 55.7 Å². The molecule has 184 valence electrons. The zero-order valence-corrected chi connectivity index (χ0v) is 20.5. The zero-order chi connectivity index (χ0) is 25.0. The Morgan fingerprint density at radius 1 is 1.32 bits per heavy atom. The number of hydrogen-bond donors (Lipinski definition) is 2. The maximum atomic E-state index is 15.6. The van der Waals surface area contributed by atoms with Gasteiger partial charge in [-0.15, -0.1) is 4.72 Å². The lowest BCUT2D eigenvalue weighted by atomic mass is 9.64. The molecule has 2 bridgehead atoms. The molecule has 10 heteroatoms. The van der Waals surface area contributed by atoms with Gasteiger partial charge in [0.2, 0.25) is 0 Å². The molecular weight excluding hydrogens is 489 g/mol. The Balaban J connectivity index is 1.78. The summed E-state index contributed by atoms with van der Waals surface area (Å²) in [4.78, 5) is 14.5. The topological polar surface area (TPSA) is 75.6 Å². The molecule has 3 atom stereocenters. The highest BCUT2D eigenvalue weighted by molar-refractivity contribution is 7.88. The van der Waals surface area contributed by atoms with Crippen LogP contribution in [0.15, 0.2) is 36.4 Å². The first-order chi connectivity index (χ1) is 15.8. The van der Waals surface area contributed by atoms with Crippen LogP contribution in [0.4, 0.5) is 13.2 Å². The lowest BCUT2D eigenvalue weighted by Gasteiger charge is -2.61. The van der Waals surface area contributed by atoms with Crippen LogP contribution in [0.3, 0.4) is 0 Å². The minimum Gasteiger partial charge on any atom is -0.598 e. The first-order valence-corrected chi connectivity index (χ1v) is 12.8. The van der Waals surface area contributed by atoms with E-state index in [9.17, 15) is 18.8 Å². The summed E-state index contributed by atoms with van der Waals surface area (Å²) < 4.78 is 60.6. The normalized spacial score (nSPS) is 27.3. The van der Waals surface area contributed by atoms with Gasteiger partial charge in [-0.1, -0.05) is 23.7 Å². The molecule has 5 rings (SSSR count). The Labute approximate surface area is 204 Å². The Morgan fingerprint density at radius 3 is 2.59 bits per heavy atom. The quantitative estimate of drug-likeness (QED) is 0.573. The summed E-state index contributed by atoms with van der Waals surface area (Å²) in [6.45, 7) is 2.64. The predicted molar refractivity (Wildman–Crippen MR) is 125 cm³/mol. The van der Waals surface area contributed by atoms with Gasteiger partial charge in [0, 0.05) is 40.8 Å². The Bertz CT molecular complexity index is 1110. The second-order valence-electron chi connectivity index (χ2n) is 9.63. The minimum absolute atomic E-state index is 0.0135. The summed E-state index contributed by atoms with van der Waals surface area (Å²) in [7, 11) is 0. The Morgan fingerprint density at radius 2 is 2.00 bits per heavy atom. The maximum Gasteiger partial charge on any atom is 0.254 e. The van der Waals surface area contributed by atoms with Crippen molar-refractivity contribution >= 4 is 28.9 Å². The highest BCUT2D eigenvalue weighted by atomic mass is 35.5. The van der Waals surface area contributed by atoms with Gasteiger partial charge in [0.15, 0.2) is 0 Å². The largest absolute Gasteiger partial charge is 0.598 e. The number of hydrogen-bond acceptors (Lipinski definition) is 4. The molecular formula is C24H26ClF3N2O3S. The molecule has 5 nitrogen and oxygen atoms in total. The summed E-state index contributed by atoms with van der Waals surface area (Å²) in [5.74, 6) is -2.07. The molecule has 0 aromatic heterocycles. The summed E-state index contributed by atoms with van der Waals surface area (Å²) >= 11 is 4.39. The van der Waals surface area contributed by atoms with Crippen LogP contribution in [-0.4, -0.2) is 56.1 Å². The van der Waals surface area contributed by atoms with E-state index < -0.39 is 58.3 Å². The van der Waals surface area contributed by atoms with Crippen LogP contribution in [0.25, 0.3) is 11.1 Å². The number of nitrogens with one attached hydrogen (secondary N) is 1. The molecule has 3 aliphatic rings. The van der Waals surface area contributed by atoms with E-state index >= 15 is 8.78 Å². The molecule has 1 saturated carbocycles. The van der Waals surface area contributed by atoms with E-state index in [1.165, 1.54) is 31.1 Å². The molecule has 3 fully saturated rings. The number of piperidine rings is 2. The van der Waals surface area contributed by atoms with Crippen molar-refractivity contribution in [3.05, 3.63) is 58.6 Å². The Hall–Kier alpha value is -1.78. The van der Waals surface area contributed by atoms with Crippen LogP contribution in [-0.2, 0) is 22.6 Å². The molecule has 2 aromatic rings. The van der Waals surface area contributed by atoms with Gasteiger partial charge in [0.25, 0.3) is 5.91 Å². The molecule has 0 spiro atoms. The summed E-state index contributed by atoms with van der Waals surface area (Å²) in [6.07, 6.45) is 1.13. The minimum atomic E-state index is -1.76. The number of aliphatic hydroxyl groups is 1. The van der Waals surface area contributed by atoms with Crippen molar-refractivity contribution in [2.45, 2.75) is 62.5 Å². The van der Waals surface area contributed by atoms with Gasteiger partial charge in [0.1, 0.15) is 35.2 Å². The molecule has 34 heavy (non-hydrogen) atoms. The van der Waals surface area contributed by atoms with Crippen molar-refractivity contribution in [2.24, 2.45) is 0 Å². The Kier molecular flexibility index (Phi) is 6.72. The van der Waals surface area contributed by atoms with Crippen molar-refractivity contribution in [1.29, 1.82) is 0 Å². The highest BCUT2D eigenvalue weighted by Gasteiger charge is 2.64. The number of carbonyl (C=O) groups is 1. The summed E-state index contributed by atoms with van der Waals surface area (Å²) in [5.41, 5.74) is -3.22. The van der Waals surface area contributed by atoms with Crippen LogP contribution in [0.2, 0.25) is 5.02 Å². The van der Waals surface area contributed by atoms with Crippen LogP contribution >= 0.6 is 11.6 Å². The third-order valence-corrected chi connectivity index (χ3v) is 7.39. The fourth-order valence-electron chi connectivity index (χ4n) is 5.05. The molecule has 2 aromatic carbocycles. The smallest absolute Gasteiger partial charge is 0.254 e. The fourth-order valence-corrected chi connectivity index (χ4v) is 5.96. The number of amides is 1. The molecule has 2 saturated heterocycles. The van der Waals surface area contributed by atoms with Crippen LogP contribution < -0.4 is 4.72 Å². The number of carbonyl (C=O) groups excluding carboxylic acids is 1. The highest BCUT2D eigenvalue weighted by Crippen LogP contribution is 2.50. The van der Waals surface area contributed by atoms with Crippen molar-refractivity contribution in [3.8, 4) is 11.1 Å². The fraction of sp³-hybridized carbons (Fsp3) is 0.458. The first-order valence-electron chi connectivity index (χ1n) is 10.9. The number of halogens is 4. The summed E-state index contributed by atoms with van der Waals surface area (Å²) in [6, 6.07) is 5.80. The van der Waals surface area contributed by atoms with Crippen LogP contribution in [0, 0.1) is 11.6 Å². The van der Waals surface area contributed by atoms with Crippen molar-refractivity contribution < 1.29 is 27.6 Å². The number of alkyl halides is 1. The summed E-state index contributed by atoms with van der Waals surface area (Å²) in [5, 5.41) is 10.7. The first kappa shape index (κ1) is 25.3. The van der Waals surface area contributed by atoms with E-state index in [-0.39, 0.29) is 30.4 Å². The van der Waals surface area contributed by atoms with Gasteiger partial charge in [-0.25, -0.2) is 13.2 Å². The number of rotatable bonds is 6. The van der Waals surface area contributed by atoms with Gasteiger partial charge in [-0.2, -0.15) is 0 Å². The van der Waals surface area contributed by atoms with Crippen molar-refractivity contribution in [2.75, 3.05) is 6.26 Å². The number of nitrogens with zero attached hydrogens (tertiary/aromatic N) is 1. The van der Waals surface area contributed by atoms with Crippen molar-refractivity contribution in [3.63, 3.8) is 0 Å². The van der Waals surface area contributed by atoms with Gasteiger partial charge in [0.05, 0.1) is 6.04 Å². The lowest BCUT2D eigenvalue weighted by Crippen LogP contribution is -2.78. The average Bonchev–Trinajstić information content (AvgIpc) is 2.70. The monoisotopic (exact) mass is 514 g/mol. The lowest BCUT2D eigenvalue weighted by molar-refractivity contribution is -0.181. The number of fused-ring (bicyclic) bond motifs is 2. The molecule has 1 aliphatic carbocycles. The molecule has 1 unspecified atom stereocenters. The molecule has 2 N–H and O–H groups in total. The number of benzene rings is 2. The maximum absolute atomic E-state index is 15.6.